The van der Waals surface area contributed by atoms with Crippen LogP contribution < -0.4 is 10.1 Å². The van der Waals surface area contributed by atoms with Crippen LogP contribution in [0, 0.1) is 5.92 Å². The number of nitrogens with one attached hydrogen (secondary N) is 1. The highest BCUT2D eigenvalue weighted by Gasteiger charge is 2.14. The molecule has 2 heterocycles. The van der Waals surface area contributed by atoms with Crippen LogP contribution in [0.3, 0.4) is 0 Å². The van der Waals surface area contributed by atoms with E-state index in [-0.39, 0.29) is 0 Å². The van der Waals surface area contributed by atoms with Crippen LogP contribution in [0.1, 0.15) is 24.0 Å². The monoisotopic (exact) mass is 247 g/mol. The quantitative estimate of drug-likeness (QED) is 0.884. The molecule has 98 valence electrons. The summed E-state index contributed by atoms with van der Waals surface area (Å²) >= 11 is 0. The zero-order valence-corrected chi connectivity index (χ0v) is 10.8. The van der Waals surface area contributed by atoms with E-state index in [1.165, 1.54) is 24.0 Å². The van der Waals surface area contributed by atoms with E-state index in [2.05, 4.69) is 23.5 Å². The maximum absolute atomic E-state index is 5.52. The molecule has 2 aliphatic rings. The molecule has 3 heteroatoms. The molecule has 0 bridgehead atoms. The first-order valence-corrected chi connectivity index (χ1v) is 6.95. The molecule has 18 heavy (non-hydrogen) atoms. The van der Waals surface area contributed by atoms with Gasteiger partial charge in [-0.05, 0) is 36.0 Å². The molecule has 1 unspecified atom stereocenters. The van der Waals surface area contributed by atoms with Gasteiger partial charge in [0.15, 0.2) is 0 Å². The van der Waals surface area contributed by atoms with E-state index in [9.17, 15) is 0 Å². The van der Waals surface area contributed by atoms with Crippen LogP contribution in [-0.2, 0) is 17.7 Å². The lowest BCUT2D eigenvalue weighted by molar-refractivity contribution is 0.0547. The largest absolute Gasteiger partial charge is 0.493 e. The second-order valence-electron chi connectivity index (χ2n) is 5.25. The average molecular weight is 247 g/mol. The molecule has 1 saturated heterocycles. The molecule has 1 N–H and O–H groups in total. The summed E-state index contributed by atoms with van der Waals surface area (Å²) in [6, 6.07) is 6.53. The third kappa shape index (κ3) is 2.85. The van der Waals surface area contributed by atoms with Gasteiger partial charge in [0.2, 0.25) is 0 Å². The fraction of sp³-hybridized carbons (Fsp3) is 0.600. The van der Waals surface area contributed by atoms with Crippen molar-refractivity contribution in [1.82, 2.24) is 5.32 Å². The highest BCUT2D eigenvalue weighted by Crippen LogP contribution is 2.25. The molecule has 3 rings (SSSR count). The SMILES string of the molecule is c1cc2c(cc1CNCC1CCCOC1)CCO2. The fourth-order valence-corrected chi connectivity index (χ4v) is 2.74. The van der Waals surface area contributed by atoms with Crippen LogP contribution in [0.4, 0.5) is 0 Å². The lowest BCUT2D eigenvalue weighted by Gasteiger charge is -2.22. The molecule has 1 atom stereocenters. The average Bonchev–Trinajstić information content (AvgIpc) is 2.87. The Bertz CT molecular complexity index is 399. The predicted octanol–water partition coefficient (Wildman–Crippen LogP) is 2.14. The minimum atomic E-state index is 0.691. The Labute approximate surface area is 108 Å². The molecule has 0 aliphatic carbocycles. The smallest absolute Gasteiger partial charge is 0.122 e. The van der Waals surface area contributed by atoms with Crippen LogP contribution in [0.2, 0.25) is 0 Å². The molecule has 0 radical (unpaired) electrons. The lowest BCUT2D eigenvalue weighted by Crippen LogP contribution is -2.28. The maximum atomic E-state index is 5.52. The van der Waals surface area contributed by atoms with E-state index in [4.69, 9.17) is 9.47 Å². The first-order valence-electron chi connectivity index (χ1n) is 6.95. The maximum Gasteiger partial charge on any atom is 0.122 e. The number of benzene rings is 1. The number of hydrogen-bond donors (Lipinski definition) is 1. The molecule has 1 aromatic rings. The van der Waals surface area contributed by atoms with Crippen LogP contribution in [0.25, 0.3) is 0 Å². The molecule has 1 aromatic carbocycles. The van der Waals surface area contributed by atoms with Gasteiger partial charge in [-0.15, -0.1) is 0 Å². The summed E-state index contributed by atoms with van der Waals surface area (Å²) in [5, 5.41) is 3.54. The summed E-state index contributed by atoms with van der Waals surface area (Å²) in [5.41, 5.74) is 2.71. The van der Waals surface area contributed by atoms with Crippen molar-refractivity contribution in [1.29, 1.82) is 0 Å². The van der Waals surface area contributed by atoms with Gasteiger partial charge in [-0.2, -0.15) is 0 Å². The number of fused-ring (bicyclic) bond motifs is 1. The van der Waals surface area contributed by atoms with Gasteiger partial charge >= 0.3 is 0 Å². The van der Waals surface area contributed by atoms with Gasteiger partial charge in [-0.25, -0.2) is 0 Å². The Balaban J connectivity index is 1.48. The van der Waals surface area contributed by atoms with Gasteiger partial charge in [0.1, 0.15) is 5.75 Å². The summed E-state index contributed by atoms with van der Waals surface area (Å²) in [7, 11) is 0. The second kappa shape index (κ2) is 5.72. The van der Waals surface area contributed by atoms with E-state index in [1.807, 2.05) is 0 Å². The van der Waals surface area contributed by atoms with Gasteiger partial charge in [-0.3, -0.25) is 0 Å². The van der Waals surface area contributed by atoms with E-state index >= 15 is 0 Å². The Morgan fingerprint density at radius 3 is 3.17 bits per heavy atom. The number of hydrogen-bond acceptors (Lipinski definition) is 3. The predicted molar refractivity (Wildman–Crippen MR) is 70.9 cm³/mol. The normalized spacial score (nSPS) is 22.6. The van der Waals surface area contributed by atoms with Gasteiger partial charge < -0.3 is 14.8 Å². The highest BCUT2D eigenvalue weighted by atomic mass is 16.5. The van der Waals surface area contributed by atoms with E-state index in [0.717, 1.165) is 45.1 Å². The minimum Gasteiger partial charge on any atom is -0.493 e. The Hall–Kier alpha value is -1.06. The van der Waals surface area contributed by atoms with Gasteiger partial charge in [-0.1, -0.05) is 12.1 Å². The molecule has 0 saturated carbocycles. The third-order valence-electron chi connectivity index (χ3n) is 3.77. The van der Waals surface area contributed by atoms with Crippen molar-refractivity contribution in [3.63, 3.8) is 0 Å². The number of rotatable bonds is 4. The van der Waals surface area contributed by atoms with Crippen LogP contribution >= 0.6 is 0 Å². The molecule has 0 amide bonds. The first kappa shape index (κ1) is 12.0. The first-order chi connectivity index (χ1) is 8.92. The molecule has 0 spiro atoms. The Morgan fingerprint density at radius 1 is 1.28 bits per heavy atom. The van der Waals surface area contributed by atoms with Gasteiger partial charge in [0.25, 0.3) is 0 Å². The van der Waals surface area contributed by atoms with Crippen molar-refractivity contribution in [2.75, 3.05) is 26.4 Å². The van der Waals surface area contributed by atoms with Crippen molar-refractivity contribution < 1.29 is 9.47 Å². The topological polar surface area (TPSA) is 30.5 Å². The van der Waals surface area contributed by atoms with E-state index in [1.54, 1.807) is 0 Å². The molecular formula is C15H21NO2. The van der Waals surface area contributed by atoms with Gasteiger partial charge in [0, 0.05) is 26.1 Å². The van der Waals surface area contributed by atoms with Crippen LogP contribution in [0.5, 0.6) is 5.75 Å². The minimum absolute atomic E-state index is 0.691. The molecular weight excluding hydrogens is 226 g/mol. The summed E-state index contributed by atoms with van der Waals surface area (Å²) < 4.78 is 11.0. The zero-order chi connectivity index (χ0) is 12.2. The molecule has 3 nitrogen and oxygen atoms in total. The highest BCUT2D eigenvalue weighted by molar-refractivity contribution is 5.39. The summed E-state index contributed by atoms with van der Waals surface area (Å²) in [6.45, 7) is 4.72. The fourth-order valence-electron chi connectivity index (χ4n) is 2.74. The summed E-state index contributed by atoms with van der Waals surface area (Å²) in [4.78, 5) is 0. The number of ether oxygens (including phenoxy) is 2. The standard InChI is InChI=1S/C15H21NO2/c1-2-13(11-17-6-1)10-16-9-12-3-4-15-14(8-12)5-7-18-15/h3-4,8,13,16H,1-2,5-7,9-11H2. The van der Waals surface area contributed by atoms with E-state index in [0.29, 0.717) is 5.92 Å². The van der Waals surface area contributed by atoms with Crippen LogP contribution in [-0.4, -0.2) is 26.4 Å². The van der Waals surface area contributed by atoms with Crippen molar-refractivity contribution in [3.05, 3.63) is 29.3 Å². The van der Waals surface area contributed by atoms with Crippen molar-refractivity contribution in [3.8, 4) is 5.75 Å². The van der Waals surface area contributed by atoms with E-state index < -0.39 is 0 Å². The van der Waals surface area contributed by atoms with Crippen molar-refractivity contribution in [2.24, 2.45) is 5.92 Å². The Kier molecular flexibility index (Phi) is 3.81. The molecule has 2 aliphatic heterocycles. The Morgan fingerprint density at radius 2 is 2.28 bits per heavy atom. The summed E-state index contributed by atoms with van der Waals surface area (Å²) in [6.07, 6.45) is 3.56. The molecule has 1 fully saturated rings. The third-order valence-corrected chi connectivity index (χ3v) is 3.77. The second-order valence-corrected chi connectivity index (χ2v) is 5.25. The van der Waals surface area contributed by atoms with Crippen molar-refractivity contribution in [2.45, 2.75) is 25.8 Å². The van der Waals surface area contributed by atoms with Crippen LogP contribution in [0.15, 0.2) is 18.2 Å². The van der Waals surface area contributed by atoms with Gasteiger partial charge in [0.05, 0.1) is 13.2 Å². The zero-order valence-electron chi connectivity index (χ0n) is 10.8. The molecule has 0 aromatic heterocycles. The summed E-state index contributed by atoms with van der Waals surface area (Å²) in [5.74, 6) is 1.76. The lowest BCUT2D eigenvalue weighted by atomic mass is 10.0. The van der Waals surface area contributed by atoms with Crippen molar-refractivity contribution >= 4 is 0 Å².